The minimum atomic E-state index is -3.17. The Bertz CT molecular complexity index is 1780. The second-order valence-electron chi connectivity index (χ2n) is 10.3. The van der Waals surface area contributed by atoms with Crippen molar-refractivity contribution in [3.8, 4) is 22.6 Å². The number of Topliss-reactive ketones (excluding diaryl/α,β-unsaturated/α-hetero) is 1. The molecule has 5 rings (SSSR count). The first kappa shape index (κ1) is 3.11. The first-order valence-electron chi connectivity index (χ1n) is 84.5. The van der Waals surface area contributed by atoms with Crippen molar-refractivity contribution in [2.45, 2.75) is 38.5 Å². The smallest absolute Gasteiger partial charge is 0.226 e. The predicted molar refractivity (Wildman–Crippen MR) is 294 cm³/mol. The van der Waals surface area contributed by atoms with Gasteiger partial charge in [-0.2, -0.15) is 0 Å². The minimum absolute atomic E-state index is 0.0369. The molecule has 0 amide bonds. The van der Waals surface area contributed by atoms with E-state index in [0.29, 0.717) is 46.9 Å². The molecule has 38 heavy (non-hydrogen) atoms. The van der Waals surface area contributed by atoms with Gasteiger partial charge in [-0.25, -0.2) is 27.6 Å². The fraction of sp³-hybridized carbons (Fsp3) is 0.345. The van der Waals surface area contributed by atoms with Gasteiger partial charge in [0.25, 0.3) is 0 Å². The largest absolute Gasteiger partial charge is 0.308 e. The summed E-state index contributed by atoms with van der Waals surface area (Å²) < 4.78 is 758. The van der Waals surface area contributed by atoms with Gasteiger partial charge >= 0.3 is 0 Å². The Kier molecular flexibility index (Phi) is 0.779. The van der Waals surface area contributed by atoms with E-state index >= 15 is 4.39 Å². The number of aryl methyl sites for hydroxylation is 1. The van der Waals surface area contributed by atoms with Crippen LogP contribution in [0, 0.1) is 24.2 Å². The Hall–Kier alpha value is -3.77. The molecule has 2 aliphatic rings. The number of nitrogens with zero attached hydrogens (tertiary/aromatic N) is 4. The fourth-order valence-electron chi connectivity index (χ4n) is 5.79. The molecule has 338 valence electrons. The molecule has 0 unspecified atom stereocenters. The van der Waals surface area contributed by atoms with Crippen LogP contribution in [-0.4, -0.2) is 41.2 Å². The second-order valence-corrected chi connectivity index (χ2v) is 12.6. The summed E-state index contributed by atoms with van der Waals surface area (Å²) in [5, 5.41) is 0. The summed E-state index contributed by atoms with van der Waals surface area (Å²) in [7, 11) is -3.17. The average Bonchev–Trinajstić information content (AvgIpc) is 0.718. The van der Waals surface area contributed by atoms with Crippen molar-refractivity contribution < 1.29 is 231 Å². The van der Waals surface area contributed by atoms with Gasteiger partial charge in [-0.3, -0.25) is 4.98 Å². The molecule has 0 spiro atoms. The number of benzene rings is 1. The molecule has 0 fully saturated rings. The number of rotatable bonds is 5. The van der Waals surface area contributed by atoms with Crippen molar-refractivity contribution in [2.24, 2.45) is 11.8 Å². The molecular weight excluding hydrogens is 503 g/mol. The third-order valence-corrected chi connectivity index (χ3v) is 8.70. The zero-order valence-electron chi connectivity index (χ0n) is 165. The maximum absolute atomic E-state index is 15.1. The van der Waals surface area contributed by atoms with Crippen LogP contribution in [0.5, 0.6) is 0 Å². The van der Waals surface area contributed by atoms with E-state index < -0.39 is 21.1 Å². The van der Waals surface area contributed by atoms with E-state index in [1.54, 1.807) is 42.6 Å². The molecule has 7 nitrogen and oxygen atoms in total. The summed E-state index contributed by atoms with van der Waals surface area (Å²) >= 11 is 0. The van der Waals surface area contributed by atoms with Gasteiger partial charge in [-0.1, -0.05) is 32.1 Å². The Morgan fingerprint density at radius 2 is 2.03 bits per heavy atom. The third-order valence-electron chi connectivity index (χ3n) is 7.75. The molecule has 2 heterocycles. The van der Waals surface area contributed by atoms with Crippen molar-refractivity contribution in [3.63, 3.8) is 0 Å². The van der Waals surface area contributed by atoms with Crippen LogP contribution in [0.4, 0.5) is 4.39 Å². The Morgan fingerprint density at radius 3 is 2.74 bits per heavy atom. The first-order valence-corrected chi connectivity index (χ1v) is 14.5. The zero-order chi connectivity index (χ0) is 171. The summed E-state index contributed by atoms with van der Waals surface area (Å²) in [6.07, 6.45) is 6.01. The van der Waals surface area contributed by atoms with Gasteiger partial charge in [-0.05, 0) is 43.0 Å². The number of sulfone groups is 1. The van der Waals surface area contributed by atoms with E-state index in [2.05, 4.69) is 9.83 Å². The van der Waals surface area contributed by atoms with E-state index in [9.17, 15) is 13.2 Å². The van der Waals surface area contributed by atoms with Crippen molar-refractivity contribution in [1.82, 2.24) is 15.0 Å². The van der Waals surface area contributed by atoms with Crippen LogP contribution in [-0.2, 0) is 32.9 Å². The maximum Gasteiger partial charge on any atom is 0.226 e. The molecule has 0 aliphatic heterocycles. The van der Waals surface area contributed by atoms with Crippen molar-refractivity contribution in [3.05, 3.63) is 88.6 Å². The van der Waals surface area contributed by atoms with Gasteiger partial charge in [-0.15, -0.1) is 0 Å². The number of pyridine rings is 1. The van der Waals surface area contributed by atoms with Crippen molar-refractivity contribution >= 4 is 15.6 Å². The van der Waals surface area contributed by atoms with E-state index in [-0.39, 0.29) is 35.5 Å². The number of ketones is 1. The summed E-state index contributed by atoms with van der Waals surface area (Å²) in [5.41, 5.74) is 2.93. The average molecular weight is 965 g/mol. The zero-order valence-corrected chi connectivity index (χ0v) is 22.2. The van der Waals surface area contributed by atoms with E-state index in [1.165, 1.54) is 12.3 Å². The highest BCUT2D eigenvalue weighted by molar-refractivity contribution is 7.90. The monoisotopic (exact) mass is 964 g/mol. The lowest BCUT2D eigenvalue weighted by Gasteiger charge is -2.46. The summed E-state index contributed by atoms with van der Waals surface area (Å²) in [5.74, 6) is -0.647. The lowest BCUT2D eigenvalue weighted by Crippen LogP contribution is -2.46. The first-order chi connectivity index (χ1) is 90.0. The lowest BCUT2D eigenvalue weighted by atomic mass is 9.58. The molecule has 0 radical (unpaired) electrons. The van der Waals surface area contributed by atoms with Gasteiger partial charge in [0, 0.05) is 266 Å². The third kappa shape index (κ3) is 4.54. The van der Waals surface area contributed by atoms with Gasteiger partial charge < -0.3 is 4.79 Å². The molecule has 0 bridgehead atoms. The minimum Gasteiger partial charge on any atom is -0.308 e. The molecule has 0 N–H and O–H groups in total. The van der Waals surface area contributed by atoms with Crippen molar-refractivity contribution in [2.75, 3.05) is 12.0 Å². The topological polar surface area (TPSA) is 94.2 Å². The number of allylic oxidation sites excluding steroid dienone is 2. The predicted octanol–water partition coefficient (Wildman–Crippen LogP) is 22.5. The van der Waals surface area contributed by atoms with Gasteiger partial charge in [0.15, 0.2) is 11.6 Å². The van der Waals surface area contributed by atoms with Crippen LogP contribution in [0.15, 0.2) is 54.4 Å². The van der Waals surface area contributed by atoms with E-state index in [0.717, 1.165) is 5.56 Å². The summed E-state index contributed by atoms with van der Waals surface area (Å²) in [4.78, 5) is 30.5. The molecular formula is C29H171FN4O3S. The summed E-state index contributed by atoms with van der Waals surface area (Å²) in [6, 6.07) is 9.97. The van der Waals surface area contributed by atoms with Crippen LogP contribution in [0.3, 0.4) is 0 Å². The van der Waals surface area contributed by atoms with Crippen molar-refractivity contribution in [1.29, 1.82) is 0 Å². The molecule has 0 saturated carbocycles. The quantitative estimate of drug-likeness (QED) is 0.236. The van der Waals surface area contributed by atoms with Crippen LogP contribution in [0.1, 0.15) is 251 Å². The Labute approximate surface area is 443 Å². The molecule has 2 aliphatic carbocycles. The highest BCUT2D eigenvalue weighted by atomic mass is 32.2. The van der Waals surface area contributed by atoms with Gasteiger partial charge in [0.05, 0.1) is 23.7 Å². The number of carbonyl (C=O) groups is 1. The number of halogens is 1. The fourth-order valence-corrected chi connectivity index (χ4v) is 6.37. The van der Waals surface area contributed by atoms with Gasteiger partial charge in [0.1, 0.15) is 15.7 Å². The Balaban J connectivity index is -0.0000000119. The van der Waals surface area contributed by atoms with Crippen LogP contribution in [0.2, 0.25) is 0 Å². The number of fused-ring (bicyclic) bond motifs is 3. The Morgan fingerprint density at radius 1 is 1.26 bits per heavy atom. The van der Waals surface area contributed by atoms with E-state index in [4.69, 9.17) is 230 Å². The number of carbonyl (C=O) groups excluding carboxylic acids is 1. The standard InChI is InChI=1S/C29H27FN4O3S.72H2/c1-17-22-10-9-21-25(20-7-5-6-8-23(20)30)33-28(18-11-13-32-19(15-18)12-14-38(4,36)37)34-27(21)29(22,2)16-24(31-3)26(17)35;;;;;;;;;;;;;;;;;;;;;;;;;;;;;;;;;;;;;;;;;;;;;;;;;;;;;;;;;;;;;;;;;;;;;;;;/h5-8,11,13,15-17,22H,9-10,12,14H2,1-2,4H3;72*1H/t17-,22-,29-;;;;;;;;;;;;;;;;;;;;;;;;;;;;;;;;;;;;;;;;;;;;;;;;;;;;;;;;;;;;;;;;;;;;;;;;/m1......................................................................../s1/i;72*1+2T. The molecule has 2 aromatic heterocycles. The molecule has 9 heteroatoms. The number of hydrogen-bond donors (Lipinski definition) is 0. The highest BCUT2D eigenvalue weighted by Gasteiger charge is 2.49. The van der Waals surface area contributed by atoms with E-state index in [1.807, 2.05) is 13.8 Å². The molecule has 0 saturated heterocycles. The lowest BCUT2D eigenvalue weighted by molar-refractivity contribution is -0.121. The molecule has 3 aromatic rings. The SMILES string of the molecule is [3H][3H].[3H][3H].[3H][3H].[3H][3H].[3H][3H].[3H][3H].[3H][3H].[3H][3H].[3H][3H].[3H][3H].[3H][3H].[3H][3H].[3H][3H].[3H][3H].[3H][3H].[3H][3H].[3H][3H].[3H][3H].[3H][3H].[3H][3H].[3H][3H].[3H][3H].[3H][3H].[3H][3H].[3H][3H].[3H][3H].[3H][3H].[3H][3H].[3H][3H].[3H][3H].[3H][3H].[3H][3H].[3H][3H].[3H][3H].[3H][3H].[3H][3H].[3H][3H].[3H][3H].[3H][3H].[3H][3H].[3H][3H].[3H][3H].[3H][3H].[3H][3H].[3H][3H].[3H][3H].[3H][3H].[3H][3H].[3H][3H].[3H][3H].[3H][3H].[3H][3H].[3H][3H].[3H][3H].[3H][3H].[3H][3H].[3H][3H].[3H][3H].[3H][3H].[3H][3H].[3H][3H].[3H][3H].[3H][3H].[3H][3H].[3H][3H].[3H][3H].[3H][3H].[3H][3H].[3H][3H].[3H][3H].[3H][3H].[3H][3H].[C-]#[N+]C1=C[C@@]2(C)c3nc(-c4ccnc(CCS(C)(=O)=O)c4)nc(-c4ccccc4F)c3CC[C@@H]2[C@@H](C)C1=O. The molecule has 1 aromatic carbocycles. The normalized spacial score (nSPS) is 37.9. The van der Waals surface area contributed by atoms with Crippen LogP contribution in [0.25, 0.3) is 27.5 Å². The second kappa shape index (κ2) is 9.52. The maximum atomic E-state index is 15.1. The number of hydrogen-bond acceptors (Lipinski definition) is 6. The summed E-state index contributed by atoms with van der Waals surface area (Å²) in [6.45, 7) is 11.4. The number of aromatic nitrogens is 3. The molecule has 3 atom stereocenters. The van der Waals surface area contributed by atoms with Gasteiger partial charge in [0.2, 0.25) is 5.70 Å². The van der Waals surface area contributed by atoms with Crippen LogP contribution >= 0.6 is 0 Å². The van der Waals surface area contributed by atoms with Crippen LogP contribution < -0.4 is 0 Å². The highest BCUT2D eigenvalue weighted by Crippen LogP contribution is 2.51.